The van der Waals surface area contributed by atoms with Gasteiger partial charge in [0, 0.05) is 45.3 Å². The average Bonchev–Trinajstić information content (AvgIpc) is 3.07. The van der Waals surface area contributed by atoms with Gasteiger partial charge >= 0.3 is 6.03 Å². The molecule has 1 saturated heterocycles. The number of amides is 2. The van der Waals surface area contributed by atoms with E-state index in [0.29, 0.717) is 5.92 Å². The number of nitrogens with zero attached hydrogens (tertiary/aromatic N) is 3. The summed E-state index contributed by atoms with van der Waals surface area (Å²) < 4.78 is 4.85. The number of aromatic nitrogens is 1. The third-order valence-electron chi connectivity index (χ3n) is 4.46. The number of piperazine rings is 1. The Morgan fingerprint density at radius 2 is 2.18 bits per heavy atom. The highest BCUT2D eigenvalue weighted by Crippen LogP contribution is 2.17. The van der Waals surface area contributed by atoms with Gasteiger partial charge in [0.1, 0.15) is 6.26 Å². The molecule has 1 aliphatic heterocycles. The number of carbonyl (C=O) groups excluding carboxylic acids is 1. The highest BCUT2D eigenvalue weighted by molar-refractivity contribution is 5.74. The Kier molecular flexibility index (Phi) is 5.11. The van der Waals surface area contributed by atoms with Crippen molar-refractivity contribution in [1.82, 2.24) is 20.3 Å². The highest BCUT2D eigenvalue weighted by Gasteiger charge is 2.22. The molecule has 2 amide bonds. The molecule has 3 rings (SSSR count). The van der Waals surface area contributed by atoms with Crippen molar-refractivity contribution < 1.29 is 9.32 Å². The molecular weight excluding hydrogens is 280 g/mol. The first-order valence-corrected chi connectivity index (χ1v) is 8.10. The van der Waals surface area contributed by atoms with E-state index < -0.39 is 0 Å². The predicted molar refractivity (Wildman–Crippen MR) is 83.2 cm³/mol. The summed E-state index contributed by atoms with van der Waals surface area (Å²) >= 11 is 0. The first-order chi connectivity index (χ1) is 10.8. The quantitative estimate of drug-likeness (QED) is 0.863. The minimum Gasteiger partial charge on any atom is -0.364 e. The van der Waals surface area contributed by atoms with Crippen LogP contribution in [0.3, 0.4) is 0 Å². The van der Waals surface area contributed by atoms with E-state index in [-0.39, 0.29) is 6.03 Å². The number of rotatable bonds is 4. The van der Waals surface area contributed by atoms with Crippen LogP contribution < -0.4 is 5.32 Å². The van der Waals surface area contributed by atoms with E-state index in [1.165, 1.54) is 6.42 Å². The third-order valence-corrected chi connectivity index (χ3v) is 4.46. The summed E-state index contributed by atoms with van der Waals surface area (Å²) in [6.45, 7) is 4.89. The van der Waals surface area contributed by atoms with Crippen molar-refractivity contribution in [2.24, 2.45) is 5.92 Å². The lowest BCUT2D eigenvalue weighted by Crippen LogP contribution is -2.52. The number of urea groups is 1. The molecule has 1 N–H and O–H groups in total. The first kappa shape index (κ1) is 15.1. The van der Waals surface area contributed by atoms with E-state index in [2.05, 4.69) is 27.5 Å². The zero-order chi connectivity index (χ0) is 15.2. The summed E-state index contributed by atoms with van der Waals surface area (Å²) in [4.78, 5) is 16.4. The van der Waals surface area contributed by atoms with Crippen LogP contribution in [0.2, 0.25) is 0 Å². The fourth-order valence-corrected chi connectivity index (χ4v) is 3.04. The zero-order valence-corrected chi connectivity index (χ0v) is 12.9. The Morgan fingerprint density at radius 3 is 2.86 bits per heavy atom. The van der Waals surface area contributed by atoms with Crippen molar-refractivity contribution in [3.05, 3.63) is 30.2 Å². The minimum absolute atomic E-state index is 0.0793. The van der Waals surface area contributed by atoms with Crippen LogP contribution in [-0.4, -0.2) is 53.7 Å². The monoisotopic (exact) mass is 304 g/mol. The number of hydrogen-bond acceptors (Lipinski definition) is 4. The zero-order valence-electron chi connectivity index (χ0n) is 12.9. The Labute approximate surface area is 131 Å². The maximum absolute atomic E-state index is 12.2. The van der Waals surface area contributed by atoms with Crippen LogP contribution in [0, 0.1) is 5.92 Å². The Balaban J connectivity index is 1.37. The number of carbonyl (C=O) groups is 1. The fourth-order valence-electron chi connectivity index (χ4n) is 3.04. The molecule has 22 heavy (non-hydrogen) atoms. The van der Waals surface area contributed by atoms with E-state index in [9.17, 15) is 4.79 Å². The lowest BCUT2D eigenvalue weighted by atomic mass is 9.94. The summed E-state index contributed by atoms with van der Waals surface area (Å²) in [6.07, 6.45) is 9.46. The van der Waals surface area contributed by atoms with Crippen molar-refractivity contribution >= 4 is 6.03 Å². The lowest BCUT2D eigenvalue weighted by molar-refractivity contribution is 0.132. The Bertz CT molecular complexity index is 492. The van der Waals surface area contributed by atoms with E-state index in [4.69, 9.17) is 4.52 Å². The van der Waals surface area contributed by atoms with Gasteiger partial charge in [0.25, 0.3) is 0 Å². The maximum Gasteiger partial charge on any atom is 0.317 e. The molecule has 0 saturated carbocycles. The van der Waals surface area contributed by atoms with Gasteiger partial charge in [0.2, 0.25) is 0 Å². The third kappa shape index (κ3) is 4.10. The van der Waals surface area contributed by atoms with Gasteiger partial charge in [-0.05, 0) is 25.2 Å². The van der Waals surface area contributed by atoms with E-state index in [0.717, 1.165) is 57.8 Å². The second kappa shape index (κ2) is 7.45. The fraction of sp³-hybridized carbons (Fsp3) is 0.625. The van der Waals surface area contributed by atoms with E-state index in [1.807, 2.05) is 11.0 Å². The van der Waals surface area contributed by atoms with Crippen LogP contribution in [0.25, 0.3) is 0 Å². The molecule has 0 unspecified atom stereocenters. The molecule has 1 aliphatic carbocycles. The largest absolute Gasteiger partial charge is 0.364 e. The summed E-state index contributed by atoms with van der Waals surface area (Å²) in [7, 11) is 0. The molecule has 6 heteroatoms. The molecular formula is C16H24N4O2. The molecule has 1 atom stereocenters. The Hall–Kier alpha value is -1.82. The van der Waals surface area contributed by atoms with Crippen LogP contribution in [0.1, 0.15) is 25.0 Å². The second-order valence-electron chi connectivity index (χ2n) is 6.09. The van der Waals surface area contributed by atoms with Gasteiger partial charge in [-0.25, -0.2) is 4.79 Å². The van der Waals surface area contributed by atoms with Gasteiger partial charge in [-0.1, -0.05) is 17.3 Å². The summed E-state index contributed by atoms with van der Waals surface area (Å²) in [6, 6.07) is 1.97. The van der Waals surface area contributed by atoms with Gasteiger partial charge in [-0.3, -0.25) is 4.90 Å². The predicted octanol–water partition coefficient (Wildman–Crippen LogP) is 1.86. The van der Waals surface area contributed by atoms with Crippen molar-refractivity contribution in [1.29, 1.82) is 0 Å². The molecule has 1 fully saturated rings. The minimum atomic E-state index is 0.0793. The smallest absolute Gasteiger partial charge is 0.317 e. The number of hydrogen-bond donors (Lipinski definition) is 1. The van der Waals surface area contributed by atoms with E-state index >= 15 is 0 Å². The Morgan fingerprint density at radius 1 is 1.32 bits per heavy atom. The average molecular weight is 304 g/mol. The van der Waals surface area contributed by atoms with Gasteiger partial charge in [0.05, 0.1) is 5.69 Å². The normalized spacial score (nSPS) is 22.7. The summed E-state index contributed by atoms with van der Waals surface area (Å²) in [5.41, 5.74) is 0.947. The van der Waals surface area contributed by atoms with Crippen molar-refractivity contribution in [3.8, 4) is 0 Å². The lowest BCUT2D eigenvalue weighted by Gasteiger charge is -2.34. The second-order valence-corrected chi connectivity index (χ2v) is 6.09. The SMILES string of the molecule is O=C(NC[C@H]1CC=CCC1)N1CCN(Cc2ccon2)CC1. The van der Waals surface area contributed by atoms with Crippen LogP contribution in [-0.2, 0) is 6.54 Å². The molecule has 0 radical (unpaired) electrons. The van der Waals surface area contributed by atoms with Gasteiger partial charge < -0.3 is 14.7 Å². The number of allylic oxidation sites excluding steroid dienone is 2. The molecule has 1 aromatic rings. The molecule has 0 aromatic carbocycles. The molecule has 120 valence electrons. The molecule has 1 aromatic heterocycles. The molecule has 2 aliphatic rings. The van der Waals surface area contributed by atoms with Crippen molar-refractivity contribution in [2.45, 2.75) is 25.8 Å². The summed E-state index contributed by atoms with van der Waals surface area (Å²) in [5, 5.41) is 7.02. The standard InChI is InChI=1S/C16H24N4O2/c21-16(17-12-14-4-2-1-3-5-14)20-9-7-19(8-10-20)13-15-6-11-22-18-15/h1-2,6,11,14H,3-5,7-10,12-13H2,(H,17,21)/t14-/m0/s1. The topological polar surface area (TPSA) is 61.6 Å². The highest BCUT2D eigenvalue weighted by atomic mass is 16.5. The van der Waals surface area contributed by atoms with Crippen LogP contribution in [0.4, 0.5) is 4.79 Å². The first-order valence-electron chi connectivity index (χ1n) is 8.10. The van der Waals surface area contributed by atoms with Crippen LogP contribution in [0.5, 0.6) is 0 Å². The number of nitrogens with one attached hydrogen (secondary N) is 1. The van der Waals surface area contributed by atoms with E-state index in [1.54, 1.807) is 6.26 Å². The molecule has 6 nitrogen and oxygen atoms in total. The van der Waals surface area contributed by atoms with Crippen LogP contribution in [0.15, 0.2) is 29.0 Å². The maximum atomic E-state index is 12.2. The van der Waals surface area contributed by atoms with Crippen molar-refractivity contribution in [2.75, 3.05) is 32.7 Å². The molecule has 0 bridgehead atoms. The molecule has 0 spiro atoms. The van der Waals surface area contributed by atoms with Crippen LogP contribution >= 0.6 is 0 Å². The van der Waals surface area contributed by atoms with Gasteiger partial charge in [-0.15, -0.1) is 0 Å². The van der Waals surface area contributed by atoms with Crippen molar-refractivity contribution in [3.63, 3.8) is 0 Å². The van der Waals surface area contributed by atoms with Gasteiger partial charge in [0.15, 0.2) is 0 Å². The molecule has 2 heterocycles. The van der Waals surface area contributed by atoms with Gasteiger partial charge in [-0.2, -0.15) is 0 Å². The summed E-state index contributed by atoms with van der Waals surface area (Å²) in [5.74, 6) is 0.599.